The Balaban J connectivity index is 2.14. The van der Waals surface area contributed by atoms with Crippen LogP contribution in [0.4, 0.5) is 0 Å². The lowest BCUT2D eigenvalue weighted by molar-refractivity contribution is 0.302. The predicted molar refractivity (Wildman–Crippen MR) is 60.8 cm³/mol. The van der Waals surface area contributed by atoms with Gasteiger partial charge in [0.15, 0.2) is 5.90 Å². The van der Waals surface area contributed by atoms with Crippen molar-refractivity contribution >= 4 is 5.90 Å². The average molecular weight is 197 g/mol. The fourth-order valence-corrected chi connectivity index (χ4v) is 1.72. The Morgan fingerprint density at radius 1 is 1.21 bits per heavy atom. The van der Waals surface area contributed by atoms with Gasteiger partial charge in [-0.2, -0.15) is 0 Å². The topological polar surface area (TPSA) is 21.6 Å². The number of hydrogen-bond donors (Lipinski definition) is 0. The molecule has 1 aliphatic rings. The molecular weight excluding hydrogens is 174 g/mol. The second-order valence-electron chi connectivity index (χ2n) is 4.09. The highest BCUT2D eigenvalue weighted by molar-refractivity contribution is 5.77. The lowest BCUT2D eigenvalue weighted by Crippen LogP contribution is -2.05. The first-order valence-corrected chi connectivity index (χ1v) is 6.06. The summed E-state index contributed by atoms with van der Waals surface area (Å²) in [4.78, 5) is 4.59. The van der Waals surface area contributed by atoms with Crippen molar-refractivity contribution in [2.75, 3.05) is 6.61 Å². The predicted octanol–water partition coefficient (Wildman–Crippen LogP) is 3.55. The lowest BCUT2D eigenvalue weighted by atomic mass is 10.1. The SMILES string of the molecule is CCCCCC1=NC(CCCC)CO1. The van der Waals surface area contributed by atoms with Crippen LogP contribution in [0.3, 0.4) is 0 Å². The minimum absolute atomic E-state index is 0.464. The van der Waals surface area contributed by atoms with Crippen LogP contribution in [-0.4, -0.2) is 18.5 Å². The van der Waals surface area contributed by atoms with Crippen LogP contribution in [0.25, 0.3) is 0 Å². The molecular formula is C12H23NO. The molecule has 1 heterocycles. The van der Waals surface area contributed by atoms with Gasteiger partial charge in [0.1, 0.15) is 6.61 Å². The summed E-state index contributed by atoms with van der Waals surface area (Å²) in [6.45, 7) is 5.28. The first-order valence-electron chi connectivity index (χ1n) is 6.06. The summed E-state index contributed by atoms with van der Waals surface area (Å²) in [5.74, 6) is 1.01. The first-order chi connectivity index (χ1) is 6.86. The standard InChI is InChI=1S/C12H23NO/c1-3-5-7-9-12-13-11(10-14-12)8-6-4-2/h11H,3-10H2,1-2H3. The number of aliphatic imine (C=N–C) groups is 1. The fraction of sp³-hybridized carbons (Fsp3) is 0.917. The highest BCUT2D eigenvalue weighted by Crippen LogP contribution is 2.14. The summed E-state index contributed by atoms with van der Waals surface area (Å²) in [7, 11) is 0. The molecule has 0 aromatic rings. The second-order valence-corrected chi connectivity index (χ2v) is 4.09. The molecule has 1 rings (SSSR count). The quantitative estimate of drug-likeness (QED) is 0.572. The van der Waals surface area contributed by atoms with Gasteiger partial charge >= 0.3 is 0 Å². The summed E-state index contributed by atoms with van der Waals surface area (Å²) in [5.41, 5.74) is 0. The van der Waals surface area contributed by atoms with Gasteiger partial charge in [0.05, 0.1) is 6.04 Å². The Kier molecular flexibility index (Phi) is 5.65. The Hall–Kier alpha value is -0.530. The summed E-state index contributed by atoms with van der Waals surface area (Å²) in [5, 5.41) is 0. The van der Waals surface area contributed by atoms with Crippen LogP contribution in [0.5, 0.6) is 0 Å². The normalized spacial score (nSPS) is 20.7. The molecule has 82 valence electrons. The molecule has 0 fully saturated rings. The first kappa shape index (κ1) is 11.5. The largest absolute Gasteiger partial charge is 0.479 e. The number of unbranched alkanes of at least 4 members (excludes halogenated alkanes) is 3. The molecule has 0 spiro atoms. The van der Waals surface area contributed by atoms with E-state index in [1.165, 1.54) is 38.5 Å². The summed E-state index contributed by atoms with van der Waals surface area (Å²) >= 11 is 0. The van der Waals surface area contributed by atoms with Gasteiger partial charge in [0, 0.05) is 6.42 Å². The average Bonchev–Trinajstić information content (AvgIpc) is 2.63. The number of rotatable bonds is 7. The zero-order valence-electron chi connectivity index (χ0n) is 9.59. The molecule has 0 aliphatic carbocycles. The van der Waals surface area contributed by atoms with Crippen molar-refractivity contribution in [3.63, 3.8) is 0 Å². The zero-order chi connectivity index (χ0) is 10.2. The second kappa shape index (κ2) is 6.86. The molecule has 14 heavy (non-hydrogen) atoms. The van der Waals surface area contributed by atoms with E-state index in [2.05, 4.69) is 18.8 Å². The smallest absolute Gasteiger partial charge is 0.183 e. The van der Waals surface area contributed by atoms with Gasteiger partial charge in [0.25, 0.3) is 0 Å². The Bertz CT molecular complexity index is 177. The van der Waals surface area contributed by atoms with Gasteiger partial charge in [-0.3, -0.25) is 0 Å². The van der Waals surface area contributed by atoms with Crippen molar-refractivity contribution < 1.29 is 4.74 Å². The third-order valence-electron chi connectivity index (χ3n) is 2.65. The molecule has 0 saturated carbocycles. The van der Waals surface area contributed by atoms with E-state index in [4.69, 9.17) is 4.74 Å². The highest BCUT2D eigenvalue weighted by atomic mass is 16.5. The van der Waals surface area contributed by atoms with Crippen molar-refractivity contribution in [3.05, 3.63) is 0 Å². The maximum Gasteiger partial charge on any atom is 0.183 e. The van der Waals surface area contributed by atoms with E-state index < -0.39 is 0 Å². The highest BCUT2D eigenvalue weighted by Gasteiger charge is 2.17. The van der Waals surface area contributed by atoms with E-state index in [1.807, 2.05) is 0 Å². The maximum absolute atomic E-state index is 5.56. The van der Waals surface area contributed by atoms with Crippen LogP contribution in [0.15, 0.2) is 4.99 Å². The third-order valence-corrected chi connectivity index (χ3v) is 2.65. The summed E-state index contributed by atoms with van der Waals surface area (Å²) in [6, 6.07) is 0.464. The van der Waals surface area contributed by atoms with Crippen molar-refractivity contribution in [1.29, 1.82) is 0 Å². The molecule has 1 unspecified atom stereocenters. The Morgan fingerprint density at radius 2 is 2.00 bits per heavy atom. The number of hydrogen-bond acceptors (Lipinski definition) is 2. The molecule has 0 bridgehead atoms. The number of ether oxygens (including phenoxy) is 1. The third kappa shape index (κ3) is 4.12. The minimum atomic E-state index is 0.464. The molecule has 0 saturated heterocycles. The minimum Gasteiger partial charge on any atom is -0.479 e. The van der Waals surface area contributed by atoms with Gasteiger partial charge in [0.2, 0.25) is 0 Å². The van der Waals surface area contributed by atoms with Crippen LogP contribution in [-0.2, 0) is 4.74 Å². The monoisotopic (exact) mass is 197 g/mol. The maximum atomic E-state index is 5.56. The van der Waals surface area contributed by atoms with Gasteiger partial charge in [-0.05, 0) is 12.8 Å². The van der Waals surface area contributed by atoms with Crippen LogP contribution in [0.2, 0.25) is 0 Å². The molecule has 0 amide bonds. The fourth-order valence-electron chi connectivity index (χ4n) is 1.72. The van der Waals surface area contributed by atoms with Crippen LogP contribution in [0, 0.1) is 0 Å². The van der Waals surface area contributed by atoms with Crippen LogP contribution >= 0.6 is 0 Å². The molecule has 1 aliphatic heterocycles. The van der Waals surface area contributed by atoms with Crippen molar-refractivity contribution in [2.24, 2.45) is 4.99 Å². The van der Waals surface area contributed by atoms with Gasteiger partial charge in [-0.25, -0.2) is 4.99 Å². The molecule has 0 radical (unpaired) electrons. The molecule has 0 N–H and O–H groups in total. The van der Waals surface area contributed by atoms with Gasteiger partial charge in [-0.15, -0.1) is 0 Å². The zero-order valence-corrected chi connectivity index (χ0v) is 9.59. The molecule has 2 heteroatoms. The van der Waals surface area contributed by atoms with Crippen molar-refractivity contribution in [1.82, 2.24) is 0 Å². The Labute approximate surface area is 87.8 Å². The van der Waals surface area contributed by atoms with Crippen molar-refractivity contribution in [3.8, 4) is 0 Å². The molecule has 1 atom stereocenters. The molecule has 0 aromatic carbocycles. The summed E-state index contributed by atoms with van der Waals surface area (Å²) < 4.78 is 5.56. The van der Waals surface area contributed by atoms with E-state index in [0.717, 1.165) is 18.9 Å². The number of nitrogens with zero attached hydrogens (tertiary/aromatic N) is 1. The van der Waals surface area contributed by atoms with E-state index in [0.29, 0.717) is 6.04 Å². The van der Waals surface area contributed by atoms with Gasteiger partial charge in [-0.1, -0.05) is 39.5 Å². The van der Waals surface area contributed by atoms with Crippen LogP contribution < -0.4 is 0 Å². The van der Waals surface area contributed by atoms with E-state index >= 15 is 0 Å². The molecule has 2 nitrogen and oxygen atoms in total. The van der Waals surface area contributed by atoms with E-state index in [1.54, 1.807) is 0 Å². The Morgan fingerprint density at radius 3 is 2.71 bits per heavy atom. The molecule has 0 aromatic heterocycles. The van der Waals surface area contributed by atoms with E-state index in [-0.39, 0.29) is 0 Å². The van der Waals surface area contributed by atoms with Crippen LogP contribution in [0.1, 0.15) is 58.8 Å². The van der Waals surface area contributed by atoms with Crippen molar-refractivity contribution in [2.45, 2.75) is 64.8 Å². The van der Waals surface area contributed by atoms with E-state index in [9.17, 15) is 0 Å². The lowest BCUT2D eigenvalue weighted by Gasteiger charge is -2.01. The summed E-state index contributed by atoms with van der Waals surface area (Å²) in [6.07, 6.45) is 8.59. The van der Waals surface area contributed by atoms with Gasteiger partial charge < -0.3 is 4.74 Å².